The Morgan fingerprint density at radius 2 is 1.95 bits per heavy atom. The summed E-state index contributed by atoms with van der Waals surface area (Å²) in [6.07, 6.45) is 1.40. The molecule has 0 aliphatic rings. The first-order chi connectivity index (χ1) is 9.99. The smallest absolute Gasteiger partial charge is 0.410 e. The number of hydrogen-bond donors (Lipinski definition) is 1. The first-order valence-corrected chi connectivity index (χ1v) is 7.62. The third kappa shape index (κ3) is 6.47. The van der Waals surface area contributed by atoms with Crippen LogP contribution in [0.5, 0.6) is 0 Å². The highest BCUT2D eigenvalue weighted by Gasteiger charge is 2.30. The lowest BCUT2D eigenvalue weighted by molar-refractivity contribution is 0.00661. The molecule has 1 heterocycles. The van der Waals surface area contributed by atoms with E-state index in [1.807, 2.05) is 48.5 Å². The van der Waals surface area contributed by atoms with E-state index in [-0.39, 0.29) is 11.6 Å². The van der Waals surface area contributed by atoms with Gasteiger partial charge in [-0.1, -0.05) is 0 Å². The van der Waals surface area contributed by atoms with E-state index >= 15 is 0 Å². The molecule has 1 rings (SSSR count). The van der Waals surface area contributed by atoms with E-state index < -0.39 is 5.60 Å². The standard InChI is InChI=1S/C16H29N3O3/c1-12-10-18-13(21-12)11-17-8-9-19(15(2,3)4)14(20)22-16(5,6)7/h10,17H,8-9,11H2,1-7H3. The van der Waals surface area contributed by atoms with Crippen LogP contribution >= 0.6 is 0 Å². The molecule has 6 nitrogen and oxygen atoms in total. The van der Waals surface area contributed by atoms with Gasteiger partial charge in [-0.05, 0) is 48.5 Å². The maximum absolute atomic E-state index is 12.3. The molecular weight excluding hydrogens is 282 g/mol. The maximum Gasteiger partial charge on any atom is 0.410 e. The Morgan fingerprint density at radius 3 is 2.41 bits per heavy atom. The Hall–Kier alpha value is -1.56. The highest BCUT2D eigenvalue weighted by atomic mass is 16.6. The highest BCUT2D eigenvalue weighted by Crippen LogP contribution is 2.17. The van der Waals surface area contributed by atoms with Crippen LogP contribution in [0.15, 0.2) is 10.6 Å². The summed E-state index contributed by atoms with van der Waals surface area (Å²) in [4.78, 5) is 18.2. The Balaban J connectivity index is 2.50. The largest absolute Gasteiger partial charge is 0.445 e. The molecule has 0 bridgehead atoms. The van der Waals surface area contributed by atoms with Crippen LogP contribution in [-0.4, -0.2) is 40.2 Å². The van der Waals surface area contributed by atoms with Crippen molar-refractivity contribution in [3.8, 4) is 0 Å². The van der Waals surface area contributed by atoms with Crippen LogP contribution in [0.2, 0.25) is 0 Å². The first kappa shape index (κ1) is 18.5. The molecule has 0 aromatic carbocycles. The number of ether oxygens (including phenoxy) is 1. The summed E-state index contributed by atoms with van der Waals surface area (Å²) in [5.41, 5.74) is -0.798. The molecule has 0 fully saturated rings. The molecule has 22 heavy (non-hydrogen) atoms. The first-order valence-electron chi connectivity index (χ1n) is 7.62. The van der Waals surface area contributed by atoms with E-state index in [9.17, 15) is 4.79 Å². The number of aryl methyl sites for hydroxylation is 1. The van der Waals surface area contributed by atoms with Crippen LogP contribution in [0.1, 0.15) is 53.2 Å². The summed E-state index contributed by atoms with van der Waals surface area (Å²) in [5, 5.41) is 3.23. The van der Waals surface area contributed by atoms with Gasteiger partial charge in [0.05, 0.1) is 12.7 Å². The zero-order chi connectivity index (χ0) is 17.0. The van der Waals surface area contributed by atoms with Gasteiger partial charge in [0.15, 0.2) is 0 Å². The average molecular weight is 311 g/mol. The summed E-state index contributed by atoms with van der Waals surface area (Å²) >= 11 is 0. The Kier molecular flexibility index (Phi) is 6.00. The third-order valence-corrected chi connectivity index (χ3v) is 2.88. The van der Waals surface area contributed by atoms with Crippen molar-refractivity contribution in [3.63, 3.8) is 0 Å². The van der Waals surface area contributed by atoms with Crippen LogP contribution < -0.4 is 5.32 Å². The van der Waals surface area contributed by atoms with Crippen molar-refractivity contribution in [2.45, 2.75) is 66.2 Å². The van der Waals surface area contributed by atoms with Crippen molar-refractivity contribution in [3.05, 3.63) is 17.8 Å². The summed E-state index contributed by atoms with van der Waals surface area (Å²) in [6.45, 7) is 15.2. The lowest BCUT2D eigenvalue weighted by atomic mass is 10.1. The van der Waals surface area contributed by atoms with E-state index in [4.69, 9.17) is 9.15 Å². The fraction of sp³-hybridized carbons (Fsp3) is 0.750. The molecule has 6 heteroatoms. The van der Waals surface area contributed by atoms with Gasteiger partial charge in [0, 0.05) is 18.6 Å². The molecular formula is C16H29N3O3. The zero-order valence-electron chi connectivity index (χ0n) is 14.8. The van der Waals surface area contributed by atoms with Crippen LogP contribution in [-0.2, 0) is 11.3 Å². The lowest BCUT2D eigenvalue weighted by Crippen LogP contribution is -2.50. The van der Waals surface area contributed by atoms with Crippen molar-refractivity contribution in [2.75, 3.05) is 13.1 Å². The van der Waals surface area contributed by atoms with Crippen LogP contribution in [0.3, 0.4) is 0 Å². The predicted molar refractivity (Wildman–Crippen MR) is 85.6 cm³/mol. The number of nitrogens with one attached hydrogen (secondary N) is 1. The van der Waals surface area contributed by atoms with E-state index in [0.29, 0.717) is 25.5 Å². The van der Waals surface area contributed by atoms with Crippen molar-refractivity contribution in [1.29, 1.82) is 0 Å². The molecule has 1 aromatic rings. The minimum atomic E-state index is -0.496. The van der Waals surface area contributed by atoms with E-state index in [0.717, 1.165) is 5.76 Å². The van der Waals surface area contributed by atoms with E-state index in [1.165, 1.54) is 0 Å². The number of rotatable bonds is 5. The van der Waals surface area contributed by atoms with Gasteiger partial charge in [0.2, 0.25) is 5.89 Å². The molecule has 0 unspecified atom stereocenters. The number of amides is 1. The number of carbonyl (C=O) groups is 1. The number of nitrogens with zero attached hydrogens (tertiary/aromatic N) is 2. The third-order valence-electron chi connectivity index (χ3n) is 2.88. The second-order valence-electron chi connectivity index (χ2n) is 7.34. The van der Waals surface area contributed by atoms with E-state index in [2.05, 4.69) is 10.3 Å². The summed E-state index contributed by atoms with van der Waals surface area (Å²) in [7, 11) is 0. The fourth-order valence-electron chi connectivity index (χ4n) is 1.89. The molecule has 0 radical (unpaired) electrons. The average Bonchev–Trinajstić information content (AvgIpc) is 2.70. The number of hydrogen-bond acceptors (Lipinski definition) is 5. The van der Waals surface area contributed by atoms with Crippen molar-refractivity contribution in [1.82, 2.24) is 15.2 Å². The van der Waals surface area contributed by atoms with Crippen LogP contribution in [0, 0.1) is 6.92 Å². The van der Waals surface area contributed by atoms with Gasteiger partial charge in [-0.25, -0.2) is 9.78 Å². The van der Waals surface area contributed by atoms with Crippen molar-refractivity contribution in [2.24, 2.45) is 0 Å². The summed E-state index contributed by atoms with van der Waals surface area (Å²) in [6, 6.07) is 0. The van der Waals surface area contributed by atoms with Gasteiger partial charge < -0.3 is 19.4 Å². The number of oxazole rings is 1. The predicted octanol–water partition coefficient (Wildman–Crippen LogP) is 3.11. The van der Waals surface area contributed by atoms with Gasteiger partial charge in [0.25, 0.3) is 0 Å². The quantitative estimate of drug-likeness (QED) is 0.846. The molecule has 1 aromatic heterocycles. The van der Waals surface area contributed by atoms with Gasteiger partial charge in [-0.15, -0.1) is 0 Å². The van der Waals surface area contributed by atoms with Gasteiger partial charge in [-0.3, -0.25) is 0 Å². The lowest BCUT2D eigenvalue weighted by Gasteiger charge is -2.36. The van der Waals surface area contributed by atoms with Gasteiger partial charge in [-0.2, -0.15) is 0 Å². The molecule has 1 amide bonds. The molecule has 126 valence electrons. The molecule has 1 N–H and O–H groups in total. The summed E-state index contributed by atoms with van der Waals surface area (Å²) in [5.74, 6) is 1.44. The van der Waals surface area contributed by atoms with Crippen LogP contribution in [0.25, 0.3) is 0 Å². The molecule has 0 atom stereocenters. The topological polar surface area (TPSA) is 67.6 Å². The Labute approximate surface area is 133 Å². The highest BCUT2D eigenvalue weighted by molar-refractivity contribution is 5.69. The summed E-state index contributed by atoms with van der Waals surface area (Å²) < 4.78 is 10.9. The fourth-order valence-corrected chi connectivity index (χ4v) is 1.89. The number of aromatic nitrogens is 1. The van der Waals surface area contributed by atoms with Crippen molar-refractivity contribution < 1.29 is 13.9 Å². The van der Waals surface area contributed by atoms with E-state index in [1.54, 1.807) is 11.1 Å². The second-order valence-corrected chi connectivity index (χ2v) is 7.34. The monoisotopic (exact) mass is 311 g/mol. The van der Waals surface area contributed by atoms with Crippen molar-refractivity contribution >= 4 is 6.09 Å². The van der Waals surface area contributed by atoms with Crippen LogP contribution in [0.4, 0.5) is 4.79 Å². The normalized spacial score (nSPS) is 12.3. The molecule has 0 saturated heterocycles. The van der Waals surface area contributed by atoms with Gasteiger partial charge >= 0.3 is 6.09 Å². The minimum absolute atomic E-state index is 0.297. The maximum atomic E-state index is 12.3. The Morgan fingerprint density at radius 1 is 1.32 bits per heavy atom. The van der Waals surface area contributed by atoms with Gasteiger partial charge in [0.1, 0.15) is 11.4 Å². The molecule has 0 spiro atoms. The second kappa shape index (κ2) is 7.13. The zero-order valence-corrected chi connectivity index (χ0v) is 14.8. The SMILES string of the molecule is Cc1cnc(CNCCN(C(=O)OC(C)(C)C)C(C)(C)C)o1. The Bertz CT molecular complexity index is 484. The number of carbonyl (C=O) groups excluding carboxylic acids is 1. The molecule has 0 aliphatic carbocycles. The minimum Gasteiger partial charge on any atom is -0.445 e. The molecule has 0 saturated carbocycles. The molecule has 0 aliphatic heterocycles.